The Morgan fingerprint density at radius 1 is 1.32 bits per heavy atom. The number of para-hydroxylation sites is 1. The molecule has 2 heterocycles. The van der Waals surface area contributed by atoms with E-state index in [1.54, 1.807) is 41.7 Å². The number of amides is 1. The molecule has 112 valence electrons. The van der Waals surface area contributed by atoms with Gasteiger partial charge in [-0.2, -0.15) is 0 Å². The molecule has 0 saturated heterocycles. The summed E-state index contributed by atoms with van der Waals surface area (Å²) >= 11 is 4.96. The molecule has 3 rings (SSSR count). The molecule has 0 aliphatic heterocycles. The van der Waals surface area contributed by atoms with Crippen molar-refractivity contribution < 1.29 is 4.79 Å². The molecule has 6 heteroatoms. The van der Waals surface area contributed by atoms with E-state index in [-0.39, 0.29) is 11.9 Å². The van der Waals surface area contributed by atoms with Crippen LogP contribution in [-0.2, 0) is 0 Å². The van der Waals surface area contributed by atoms with E-state index in [2.05, 4.69) is 25.9 Å². The lowest BCUT2D eigenvalue weighted by atomic mass is 10.2. The second-order valence-corrected chi connectivity index (χ2v) is 6.98. The predicted octanol–water partition coefficient (Wildman–Crippen LogP) is 4.29. The zero-order chi connectivity index (χ0) is 15.7. The van der Waals surface area contributed by atoms with Gasteiger partial charge < -0.3 is 4.90 Å². The summed E-state index contributed by atoms with van der Waals surface area (Å²) in [6, 6.07) is 9.68. The van der Waals surface area contributed by atoms with Crippen LogP contribution in [0, 0.1) is 0 Å². The Labute approximate surface area is 140 Å². The van der Waals surface area contributed by atoms with E-state index in [1.165, 1.54) is 0 Å². The Morgan fingerprint density at radius 2 is 2.09 bits per heavy atom. The summed E-state index contributed by atoms with van der Waals surface area (Å²) in [6.45, 7) is 1.99. The summed E-state index contributed by atoms with van der Waals surface area (Å²) in [4.78, 5) is 22.9. The molecule has 0 aliphatic carbocycles. The highest BCUT2D eigenvalue weighted by Gasteiger charge is 2.22. The van der Waals surface area contributed by atoms with Crippen molar-refractivity contribution in [2.75, 3.05) is 7.05 Å². The molecular weight excluding hydrogens is 362 g/mol. The van der Waals surface area contributed by atoms with Crippen LogP contribution in [-0.4, -0.2) is 27.8 Å². The Bertz CT molecular complexity index is 800. The monoisotopic (exact) mass is 375 g/mol. The SMILES string of the molecule is CC(c1nc2ccccc2s1)N(C)C(=O)c1cncc(Br)c1. The van der Waals surface area contributed by atoms with Gasteiger partial charge in [-0.05, 0) is 41.1 Å². The number of hydrogen-bond acceptors (Lipinski definition) is 4. The van der Waals surface area contributed by atoms with Gasteiger partial charge in [-0.1, -0.05) is 12.1 Å². The number of carbonyl (C=O) groups excluding carboxylic acids is 1. The van der Waals surface area contributed by atoms with Gasteiger partial charge in [-0.25, -0.2) is 4.98 Å². The number of thiazole rings is 1. The fourth-order valence-electron chi connectivity index (χ4n) is 2.14. The van der Waals surface area contributed by atoms with Crippen LogP contribution in [0.5, 0.6) is 0 Å². The third-order valence-corrected chi connectivity index (χ3v) is 5.16. The van der Waals surface area contributed by atoms with Gasteiger partial charge >= 0.3 is 0 Å². The summed E-state index contributed by atoms with van der Waals surface area (Å²) < 4.78 is 1.92. The maximum absolute atomic E-state index is 12.6. The molecule has 0 radical (unpaired) electrons. The second-order valence-electron chi connectivity index (χ2n) is 5.00. The molecule has 1 atom stereocenters. The zero-order valence-electron chi connectivity index (χ0n) is 12.2. The van der Waals surface area contributed by atoms with Crippen molar-refractivity contribution >= 4 is 43.4 Å². The van der Waals surface area contributed by atoms with E-state index >= 15 is 0 Å². The van der Waals surface area contributed by atoms with E-state index < -0.39 is 0 Å². The van der Waals surface area contributed by atoms with Crippen molar-refractivity contribution in [1.29, 1.82) is 0 Å². The Balaban J connectivity index is 1.87. The molecule has 0 N–H and O–H groups in total. The normalized spacial score (nSPS) is 12.3. The average Bonchev–Trinajstić information content (AvgIpc) is 2.96. The van der Waals surface area contributed by atoms with Crippen LogP contribution in [0.25, 0.3) is 10.2 Å². The summed E-state index contributed by atoms with van der Waals surface area (Å²) in [6.07, 6.45) is 3.24. The van der Waals surface area contributed by atoms with Crippen molar-refractivity contribution in [2.24, 2.45) is 0 Å². The van der Waals surface area contributed by atoms with Gasteiger partial charge in [-0.15, -0.1) is 11.3 Å². The highest BCUT2D eigenvalue weighted by Crippen LogP contribution is 2.29. The molecule has 0 bridgehead atoms. The molecule has 0 aliphatic rings. The van der Waals surface area contributed by atoms with Crippen molar-refractivity contribution in [2.45, 2.75) is 13.0 Å². The van der Waals surface area contributed by atoms with E-state index in [4.69, 9.17) is 0 Å². The number of hydrogen-bond donors (Lipinski definition) is 0. The molecule has 1 unspecified atom stereocenters. The largest absolute Gasteiger partial charge is 0.332 e. The van der Waals surface area contributed by atoms with E-state index in [1.807, 2.05) is 31.2 Å². The van der Waals surface area contributed by atoms with Crippen LogP contribution in [0.4, 0.5) is 0 Å². The first-order valence-electron chi connectivity index (χ1n) is 6.79. The maximum atomic E-state index is 12.6. The molecule has 0 saturated carbocycles. The van der Waals surface area contributed by atoms with Gasteiger partial charge in [0.15, 0.2) is 0 Å². The third kappa shape index (κ3) is 2.89. The second kappa shape index (κ2) is 6.14. The lowest BCUT2D eigenvalue weighted by Gasteiger charge is -2.23. The molecule has 0 spiro atoms. The number of rotatable bonds is 3. The zero-order valence-corrected chi connectivity index (χ0v) is 14.6. The first kappa shape index (κ1) is 15.1. The van der Waals surface area contributed by atoms with Crippen LogP contribution < -0.4 is 0 Å². The van der Waals surface area contributed by atoms with Crippen LogP contribution in [0.1, 0.15) is 28.3 Å². The molecular formula is C16H14BrN3OS. The lowest BCUT2D eigenvalue weighted by molar-refractivity contribution is 0.0742. The molecule has 3 aromatic rings. The van der Waals surface area contributed by atoms with Gasteiger partial charge in [0.2, 0.25) is 0 Å². The summed E-state index contributed by atoms with van der Waals surface area (Å²) in [5.41, 5.74) is 1.53. The fraction of sp³-hybridized carbons (Fsp3) is 0.188. The highest BCUT2D eigenvalue weighted by molar-refractivity contribution is 9.10. The van der Waals surface area contributed by atoms with Crippen LogP contribution in [0.3, 0.4) is 0 Å². The molecule has 2 aromatic heterocycles. The first-order chi connectivity index (χ1) is 10.6. The smallest absolute Gasteiger partial charge is 0.255 e. The molecule has 22 heavy (non-hydrogen) atoms. The molecule has 1 aromatic carbocycles. The number of aromatic nitrogens is 2. The third-order valence-electron chi connectivity index (χ3n) is 3.52. The average molecular weight is 376 g/mol. The van der Waals surface area contributed by atoms with E-state index in [9.17, 15) is 4.79 Å². The minimum absolute atomic E-state index is 0.0689. The summed E-state index contributed by atoms with van der Waals surface area (Å²) in [5, 5.41) is 0.931. The standard InChI is InChI=1S/C16H14BrN3OS/c1-10(15-19-13-5-3-4-6-14(13)22-15)20(2)16(21)11-7-12(17)9-18-8-11/h3-10H,1-2H3. The topological polar surface area (TPSA) is 46.1 Å². The fourth-order valence-corrected chi connectivity index (χ4v) is 3.57. The number of halogens is 1. The lowest BCUT2D eigenvalue weighted by Crippen LogP contribution is -2.29. The van der Waals surface area contributed by atoms with E-state index in [0.29, 0.717) is 5.56 Å². The summed E-state index contributed by atoms with van der Waals surface area (Å²) in [7, 11) is 1.79. The Hall–Kier alpha value is -1.79. The van der Waals surface area contributed by atoms with Crippen LogP contribution in [0.15, 0.2) is 47.2 Å². The first-order valence-corrected chi connectivity index (χ1v) is 8.40. The van der Waals surface area contributed by atoms with Crippen molar-refractivity contribution in [3.63, 3.8) is 0 Å². The Morgan fingerprint density at radius 3 is 2.82 bits per heavy atom. The number of fused-ring (bicyclic) bond motifs is 1. The van der Waals surface area contributed by atoms with Gasteiger partial charge in [0.1, 0.15) is 5.01 Å². The number of carbonyl (C=O) groups is 1. The van der Waals surface area contributed by atoms with Crippen LogP contribution in [0.2, 0.25) is 0 Å². The van der Waals surface area contributed by atoms with Gasteiger partial charge in [-0.3, -0.25) is 9.78 Å². The number of pyridine rings is 1. The van der Waals surface area contributed by atoms with Crippen molar-refractivity contribution in [1.82, 2.24) is 14.9 Å². The minimum atomic E-state index is -0.0936. The van der Waals surface area contributed by atoms with Gasteiger partial charge in [0.05, 0.1) is 21.8 Å². The Kier molecular flexibility index (Phi) is 4.22. The highest BCUT2D eigenvalue weighted by atomic mass is 79.9. The number of benzene rings is 1. The quantitative estimate of drug-likeness (QED) is 0.685. The predicted molar refractivity (Wildman–Crippen MR) is 92.1 cm³/mol. The van der Waals surface area contributed by atoms with E-state index in [0.717, 1.165) is 19.7 Å². The van der Waals surface area contributed by atoms with Crippen molar-refractivity contribution in [3.8, 4) is 0 Å². The molecule has 1 amide bonds. The van der Waals surface area contributed by atoms with Crippen molar-refractivity contribution in [3.05, 3.63) is 57.8 Å². The maximum Gasteiger partial charge on any atom is 0.255 e. The molecule has 0 fully saturated rings. The van der Waals surface area contributed by atoms with Gasteiger partial charge in [0, 0.05) is 23.9 Å². The van der Waals surface area contributed by atoms with Crippen LogP contribution >= 0.6 is 27.3 Å². The minimum Gasteiger partial charge on any atom is -0.332 e. The van der Waals surface area contributed by atoms with Gasteiger partial charge in [0.25, 0.3) is 5.91 Å². The summed E-state index contributed by atoms with van der Waals surface area (Å²) in [5.74, 6) is -0.0689. The molecule has 4 nitrogen and oxygen atoms in total. The number of nitrogens with zero attached hydrogens (tertiary/aromatic N) is 3.